The molecule has 3 aromatic carbocycles. The molecule has 0 radical (unpaired) electrons. The molecule has 33 heavy (non-hydrogen) atoms. The molecule has 7 nitrogen and oxygen atoms in total. The highest BCUT2D eigenvalue weighted by atomic mass is 16.5. The van der Waals surface area contributed by atoms with Gasteiger partial charge in [0.05, 0.1) is 25.6 Å². The van der Waals surface area contributed by atoms with E-state index in [0.717, 1.165) is 22.5 Å². The monoisotopic (exact) mass is 442 g/mol. The Morgan fingerprint density at radius 1 is 0.939 bits per heavy atom. The lowest BCUT2D eigenvalue weighted by molar-refractivity contribution is 0.102. The van der Waals surface area contributed by atoms with Gasteiger partial charge in [-0.05, 0) is 54.1 Å². The molecule has 0 aliphatic rings. The average Bonchev–Trinajstić information content (AvgIpc) is 3.39. The van der Waals surface area contributed by atoms with Crippen molar-refractivity contribution in [1.29, 1.82) is 0 Å². The lowest BCUT2D eigenvalue weighted by atomic mass is 10.1. The first kappa shape index (κ1) is 21.8. The average molecular weight is 443 g/mol. The summed E-state index contributed by atoms with van der Waals surface area (Å²) >= 11 is 0. The van der Waals surface area contributed by atoms with Crippen molar-refractivity contribution in [2.75, 3.05) is 30.6 Å². The molecular formula is C26H26N4O3. The van der Waals surface area contributed by atoms with E-state index in [2.05, 4.69) is 15.6 Å². The number of rotatable bonds is 8. The van der Waals surface area contributed by atoms with Crippen molar-refractivity contribution in [2.24, 2.45) is 0 Å². The van der Waals surface area contributed by atoms with Gasteiger partial charge in [0.25, 0.3) is 5.91 Å². The third kappa shape index (κ3) is 5.10. The summed E-state index contributed by atoms with van der Waals surface area (Å²) in [5.74, 6) is 1.12. The maximum Gasteiger partial charge on any atom is 0.255 e. The van der Waals surface area contributed by atoms with Crippen molar-refractivity contribution < 1.29 is 14.3 Å². The van der Waals surface area contributed by atoms with Crippen LogP contribution in [-0.4, -0.2) is 25.1 Å². The summed E-state index contributed by atoms with van der Waals surface area (Å²) in [5, 5.41) is 6.26. The van der Waals surface area contributed by atoms with Crippen LogP contribution in [-0.2, 0) is 6.54 Å². The van der Waals surface area contributed by atoms with Gasteiger partial charge in [-0.2, -0.15) is 0 Å². The number of nitrogen functional groups attached to an aromatic ring is 1. The topological polar surface area (TPSA) is 101 Å². The van der Waals surface area contributed by atoms with E-state index in [4.69, 9.17) is 15.2 Å². The maximum atomic E-state index is 12.8. The van der Waals surface area contributed by atoms with Gasteiger partial charge in [-0.3, -0.25) is 4.79 Å². The zero-order valence-electron chi connectivity index (χ0n) is 18.5. The predicted molar refractivity (Wildman–Crippen MR) is 132 cm³/mol. The number of H-pyrrole nitrogens is 1. The van der Waals surface area contributed by atoms with Gasteiger partial charge in [-0.15, -0.1) is 0 Å². The summed E-state index contributed by atoms with van der Waals surface area (Å²) in [6, 6.07) is 22.5. The second-order valence-electron chi connectivity index (χ2n) is 7.46. The van der Waals surface area contributed by atoms with Crippen LogP contribution in [0.4, 0.5) is 17.1 Å². The minimum Gasteiger partial charge on any atom is -0.493 e. The van der Waals surface area contributed by atoms with Gasteiger partial charge in [-0.25, -0.2) is 0 Å². The molecule has 0 aliphatic heterocycles. The summed E-state index contributed by atoms with van der Waals surface area (Å²) in [6.45, 7) is 0.600. The van der Waals surface area contributed by atoms with Crippen LogP contribution >= 0.6 is 0 Å². The molecule has 0 bridgehead atoms. The molecule has 1 aromatic heterocycles. The van der Waals surface area contributed by atoms with E-state index in [1.807, 2.05) is 60.8 Å². The lowest BCUT2D eigenvalue weighted by Gasteiger charge is -2.12. The molecular weight excluding hydrogens is 416 g/mol. The van der Waals surface area contributed by atoms with Crippen LogP contribution in [0.25, 0.3) is 11.3 Å². The van der Waals surface area contributed by atoms with E-state index < -0.39 is 0 Å². The molecule has 0 aliphatic carbocycles. The van der Waals surface area contributed by atoms with Crippen LogP contribution in [0.3, 0.4) is 0 Å². The van der Waals surface area contributed by atoms with Gasteiger partial charge in [0.1, 0.15) is 0 Å². The number of carbonyl (C=O) groups excluding carboxylic acids is 1. The standard InChI is InChI=1S/C26H26N4O3/c1-32-24-12-10-20(15-25(24)33-2)29-16-17-5-7-18(8-6-17)26(31)30-23-14-19(9-11-21(23)27)22-4-3-13-28-22/h3-15,28-29H,16,27H2,1-2H3,(H,30,31). The number of benzene rings is 3. The highest BCUT2D eigenvalue weighted by molar-refractivity contribution is 6.06. The summed E-state index contributed by atoms with van der Waals surface area (Å²) in [7, 11) is 3.21. The summed E-state index contributed by atoms with van der Waals surface area (Å²) in [6.07, 6.45) is 1.85. The number of carbonyl (C=O) groups is 1. The molecule has 0 fully saturated rings. The summed E-state index contributed by atoms with van der Waals surface area (Å²) in [5.41, 5.74) is 11.6. The van der Waals surface area contributed by atoms with Gasteiger partial charge in [0.15, 0.2) is 11.5 Å². The molecule has 4 aromatic rings. The largest absolute Gasteiger partial charge is 0.493 e. The SMILES string of the molecule is COc1ccc(NCc2ccc(C(=O)Nc3cc(-c4ccc[nH]4)ccc3N)cc2)cc1OC. The minimum absolute atomic E-state index is 0.218. The Morgan fingerprint density at radius 3 is 2.42 bits per heavy atom. The number of anilines is 3. The zero-order chi connectivity index (χ0) is 23.2. The van der Waals surface area contributed by atoms with Gasteiger partial charge in [0, 0.05) is 41.3 Å². The molecule has 7 heteroatoms. The Kier molecular flexibility index (Phi) is 6.50. The highest BCUT2D eigenvalue weighted by Crippen LogP contribution is 2.30. The van der Waals surface area contributed by atoms with E-state index in [-0.39, 0.29) is 5.91 Å². The van der Waals surface area contributed by atoms with Crippen LogP contribution in [0.2, 0.25) is 0 Å². The first-order valence-corrected chi connectivity index (χ1v) is 10.5. The lowest BCUT2D eigenvalue weighted by Crippen LogP contribution is -2.13. The fraction of sp³-hybridized carbons (Fsp3) is 0.115. The Labute approximate surface area is 192 Å². The van der Waals surface area contributed by atoms with Gasteiger partial charge >= 0.3 is 0 Å². The van der Waals surface area contributed by atoms with Crippen LogP contribution < -0.4 is 25.8 Å². The van der Waals surface area contributed by atoms with Crippen molar-refractivity contribution >= 4 is 23.0 Å². The van der Waals surface area contributed by atoms with Crippen molar-refractivity contribution in [1.82, 2.24) is 4.98 Å². The molecule has 0 saturated carbocycles. The Balaban J connectivity index is 1.40. The molecule has 168 valence electrons. The summed E-state index contributed by atoms with van der Waals surface area (Å²) in [4.78, 5) is 15.9. The van der Waals surface area contributed by atoms with E-state index in [9.17, 15) is 4.79 Å². The number of nitrogens with two attached hydrogens (primary N) is 1. The second-order valence-corrected chi connectivity index (χ2v) is 7.46. The number of aromatic nitrogens is 1. The normalized spacial score (nSPS) is 10.5. The summed E-state index contributed by atoms with van der Waals surface area (Å²) < 4.78 is 10.6. The number of aromatic amines is 1. The zero-order valence-corrected chi connectivity index (χ0v) is 18.5. The van der Waals surface area contributed by atoms with Crippen LogP contribution in [0.5, 0.6) is 11.5 Å². The number of methoxy groups -OCH3 is 2. The number of hydrogen-bond donors (Lipinski definition) is 4. The number of hydrogen-bond acceptors (Lipinski definition) is 5. The Bertz CT molecular complexity index is 1240. The fourth-order valence-corrected chi connectivity index (χ4v) is 3.46. The number of ether oxygens (including phenoxy) is 2. The molecule has 1 amide bonds. The van der Waals surface area contributed by atoms with Crippen molar-refractivity contribution in [2.45, 2.75) is 6.54 Å². The number of nitrogens with one attached hydrogen (secondary N) is 3. The van der Waals surface area contributed by atoms with E-state index in [0.29, 0.717) is 35.0 Å². The fourth-order valence-electron chi connectivity index (χ4n) is 3.46. The molecule has 0 atom stereocenters. The second kappa shape index (κ2) is 9.82. The van der Waals surface area contributed by atoms with Crippen LogP contribution in [0.1, 0.15) is 15.9 Å². The molecule has 4 rings (SSSR count). The molecule has 0 saturated heterocycles. The molecule has 0 spiro atoms. The Hall–Kier alpha value is -4.39. The minimum atomic E-state index is -0.218. The maximum absolute atomic E-state index is 12.8. The third-order valence-corrected chi connectivity index (χ3v) is 5.31. The first-order valence-electron chi connectivity index (χ1n) is 10.5. The van der Waals surface area contributed by atoms with Gasteiger partial charge in [0.2, 0.25) is 0 Å². The molecule has 0 unspecified atom stereocenters. The number of amides is 1. The van der Waals surface area contributed by atoms with E-state index >= 15 is 0 Å². The van der Waals surface area contributed by atoms with Crippen molar-refractivity contribution in [3.05, 3.63) is 90.1 Å². The van der Waals surface area contributed by atoms with Gasteiger partial charge in [-0.1, -0.05) is 18.2 Å². The van der Waals surface area contributed by atoms with Crippen molar-refractivity contribution in [3.8, 4) is 22.8 Å². The smallest absolute Gasteiger partial charge is 0.255 e. The van der Waals surface area contributed by atoms with Gasteiger partial charge < -0.3 is 30.8 Å². The predicted octanol–water partition coefficient (Wildman–Crippen LogP) is 5.15. The van der Waals surface area contributed by atoms with E-state index in [1.165, 1.54) is 0 Å². The Morgan fingerprint density at radius 2 is 1.73 bits per heavy atom. The third-order valence-electron chi connectivity index (χ3n) is 5.31. The highest BCUT2D eigenvalue weighted by Gasteiger charge is 2.10. The molecule has 1 heterocycles. The van der Waals surface area contributed by atoms with Crippen molar-refractivity contribution in [3.63, 3.8) is 0 Å². The van der Waals surface area contributed by atoms with Crippen LogP contribution in [0.15, 0.2) is 79.0 Å². The quantitative estimate of drug-likeness (QED) is 0.283. The first-order chi connectivity index (χ1) is 16.1. The van der Waals surface area contributed by atoms with Crippen LogP contribution in [0, 0.1) is 0 Å². The van der Waals surface area contributed by atoms with E-state index in [1.54, 1.807) is 32.4 Å². The molecule has 5 N–H and O–H groups in total.